The van der Waals surface area contributed by atoms with Gasteiger partial charge in [-0.25, -0.2) is 0 Å². The van der Waals surface area contributed by atoms with E-state index in [1.165, 1.54) is 186 Å². The number of hydrogen-bond donors (Lipinski definition) is 4. The molecule has 4 N–H and O–H groups in total. The molecule has 1 amide bonds. The smallest absolute Gasteiger partial charge is 0.249 e. The summed E-state index contributed by atoms with van der Waals surface area (Å²) in [5, 5.41) is 33.1. The number of carbonyl (C=O) groups is 1. The first-order chi connectivity index (χ1) is 30.1. The lowest BCUT2D eigenvalue weighted by Crippen LogP contribution is -2.48. The van der Waals surface area contributed by atoms with Crippen molar-refractivity contribution in [1.29, 1.82) is 0 Å². The van der Waals surface area contributed by atoms with Gasteiger partial charge in [0.15, 0.2) is 0 Å². The summed E-state index contributed by atoms with van der Waals surface area (Å²) in [5.74, 6) is -0.519. The Bertz CT molecular complexity index is 1030. The van der Waals surface area contributed by atoms with Gasteiger partial charge in [0.2, 0.25) is 5.91 Å². The van der Waals surface area contributed by atoms with Crippen molar-refractivity contribution in [3.63, 3.8) is 0 Å². The van der Waals surface area contributed by atoms with E-state index in [2.05, 4.69) is 67.8 Å². The number of aliphatic hydroxyl groups excluding tert-OH is 3. The Labute approximate surface area is 379 Å². The molecule has 0 aliphatic carbocycles. The summed E-state index contributed by atoms with van der Waals surface area (Å²) in [6, 6.07) is -0.821. The largest absolute Gasteiger partial charge is 0.394 e. The molecule has 0 aliphatic heterocycles. The van der Waals surface area contributed by atoms with Crippen molar-refractivity contribution in [2.24, 2.45) is 0 Å². The van der Waals surface area contributed by atoms with E-state index in [9.17, 15) is 20.1 Å². The maximum Gasteiger partial charge on any atom is 0.249 e. The molecule has 0 aromatic carbocycles. The van der Waals surface area contributed by atoms with Crippen LogP contribution >= 0.6 is 0 Å². The number of carbonyl (C=O) groups excluding carboxylic acids is 1. The Balaban J connectivity index is 3.51. The molecular weight excluding hydrogens is 751 g/mol. The highest BCUT2D eigenvalue weighted by molar-refractivity contribution is 5.80. The number of amides is 1. The van der Waals surface area contributed by atoms with Crippen LogP contribution in [0.4, 0.5) is 0 Å². The molecule has 3 atom stereocenters. The van der Waals surface area contributed by atoms with Crippen LogP contribution in [-0.2, 0) is 4.79 Å². The first-order valence-corrected chi connectivity index (χ1v) is 26.6. The van der Waals surface area contributed by atoms with Crippen molar-refractivity contribution in [3.05, 3.63) is 60.8 Å². The molecule has 356 valence electrons. The number of rotatable bonds is 48. The molecule has 5 heteroatoms. The van der Waals surface area contributed by atoms with E-state index in [0.717, 1.165) is 57.8 Å². The van der Waals surface area contributed by atoms with Crippen LogP contribution in [0.3, 0.4) is 0 Å². The number of allylic oxidation sites excluding steroid dienone is 9. The fourth-order valence-corrected chi connectivity index (χ4v) is 7.90. The zero-order chi connectivity index (χ0) is 44.4. The molecule has 0 saturated heterocycles. The molecule has 0 aliphatic rings. The summed E-state index contributed by atoms with van der Waals surface area (Å²) in [6.45, 7) is 4.10. The molecule has 0 radical (unpaired) electrons. The van der Waals surface area contributed by atoms with E-state index in [-0.39, 0.29) is 6.61 Å². The average molecular weight is 854 g/mol. The second-order valence-corrected chi connectivity index (χ2v) is 18.1. The molecule has 5 nitrogen and oxygen atoms in total. The number of aliphatic hydroxyl groups is 3. The second kappa shape index (κ2) is 50.7. The van der Waals surface area contributed by atoms with Gasteiger partial charge in [-0.1, -0.05) is 254 Å². The summed E-state index contributed by atoms with van der Waals surface area (Å²) in [5.41, 5.74) is 0. The lowest BCUT2D eigenvalue weighted by atomic mass is 10.0. The van der Waals surface area contributed by atoms with Gasteiger partial charge in [0.1, 0.15) is 6.10 Å². The molecule has 61 heavy (non-hydrogen) atoms. The number of hydrogen-bond acceptors (Lipinski definition) is 4. The van der Waals surface area contributed by atoms with Crippen LogP contribution in [0.25, 0.3) is 0 Å². The zero-order valence-electron chi connectivity index (χ0n) is 40.5. The van der Waals surface area contributed by atoms with E-state index in [4.69, 9.17) is 0 Å². The lowest BCUT2D eigenvalue weighted by molar-refractivity contribution is -0.131. The molecule has 0 bridgehead atoms. The van der Waals surface area contributed by atoms with E-state index < -0.39 is 24.2 Å². The van der Waals surface area contributed by atoms with Crippen molar-refractivity contribution >= 4 is 5.91 Å². The van der Waals surface area contributed by atoms with Crippen LogP contribution in [0.1, 0.15) is 264 Å². The number of nitrogens with one attached hydrogen (secondary N) is 1. The standard InChI is InChI=1S/C56H103NO4/c1-3-5-7-9-11-13-15-16-17-18-19-20-21-22-23-24-25-26-27-28-29-30-31-32-33-34-35-36-37-38-39-41-43-45-47-49-51-55(60)56(61)57-53(52-58)54(59)50-48-46-44-42-40-14-12-10-8-6-4-2/h8,10,23-24,26-27,40,42,48,50,53-55,58-60H,3-7,9,11-22,25,28-39,41,43-47,49,51-52H2,1-2H3,(H,57,61)/b10-8+,24-23-,27-26-,42-40+,50-48+. The SMILES string of the molecule is CCC/C=C/CC/C=C/CC/C=C/C(O)C(CO)NC(=O)C(O)CCCCCCCCCCCCCCCCCC/C=C\C/C=C\CCCCCCCCCCCCCCC. The summed E-state index contributed by atoms with van der Waals surface area (Å²) < 4.78 is 0. The quantitative estimate of drug-likeness (QED) is 0.0363. The molecule has 3 unspecified atom stereocenters. The van der Waals surface area contributed by atoms with E-state index in [1.807, 2.05) is 6.08 Å². The second-order valence-electron chi connectivity index (χ2n) is 18.1. The van der Waals surface area contributed by atoms with Crippen molar-refractivity contribution < 1.29 is 20.1 Å². The Kier molecular flexibility index (Phi) is 49.1. The van der Waals surface area contributed by atoms with Crippen LogP contribution in [0.5, 0.6) is 0 Å². The Morgan fingerprint density at radius 3 is 1.15 bits per heavy atom. The highest BCUT2D eigenvalue weighted by atomic mass is 16.3. The predicted octanol–water partition coefficient (Wildman–Crippen LogP) is 16.2. The highest BCUT2D eigenvalue weighted by Crippen LogP contribution is 2.16. The van der Waals surface area contributed by atoms with Crippen LogP contribution in [0.2, 0.25) is 0 Å². The van der Waals surface area contributed by atoms with Gasteiger partial charge >= 0.3 is 0 Å². The van der Waals surface area contributed by atoms with Crippen molar-refractivity contribution in [2.75, 3.05) is 6.61 Å². The van der Waals surface area contributed by atoms with E-state index >= 15 is 0 Å². The fraction of sp³-hybridized carbons (Fsp3) is 0.804. The van der Waals surface area contributed by atoms with E-state index in [0.29, 0.717) is 6.42 Å². The third kappa shape index (κ3) is 45.9. The summed E-state index contributed by atoms with van der Waals surface area (Å²) in [6.07, 6.45) is 68.9. The van der Waals surface area contributed by atoms with Gasteiger partial charge in [-0.05, 0) is 70.6 Å². The molecule has 0 rings (SSSR count). The van der Waals surface area contributed by atoms with Crippen LogP contribution in [-0.4, -0.2) is 46.1 Å². The molecule has 0 saturated carbocycles. The van der Waals surface area contributed by atoms with Crippen LogP contribution in [0.15, 0.2) is 60.8 Å². The molecular formula is C56H103NO4. The van der Waals surface area contributed by atoms with E-state index in [1.54, 1.807) is 6.08 Å². The van der Waals surface area contributed by atoms with Crippen molar-refractivity contribution in [2.45, 2.75) is 283 Å². The third-order valence-corrected chi connectivity index (χ3v) is 12.0. The first-order valence-electron chi connectivity index (χ1n) is 26.6. The van der Waals surface area contributed by atoms with Crippen molar-refractivity contribution in [1.82, 2.24) is 5.32 Å². The van der Waals surface area contributed by atoms with Gasteiger partial charge in [-0.2, -0.15) is 0 Å². The Hall–Kier alpha value is -1.95. The van der Waals surface area contributed by atoms with Crippen LogP contribution < -0.4 is 5.32 Å². The summed E-state index contributed by atoms with van der Waals surface area (Å²) in [4.78, 5) is 12.5. The first kappa shape index (κ1) is 59.0. The number of unbranched alkanes of at least 4 members (excludes halogenated alkanes) is 32. The van der Waals surface area contributed by atoms with Crippen LogP contribution in [0, 0.1) is 0 Å². The normalized spacial score (nSPS) is 13.9. The molecule has 0 aromatic heterocycles. The van der Waals surface area contributed by atoms with Gasteiger partial charge in [-0.15, -0.1) is 0 Å². The maximum absolute atomic E-state index is 12.5. The lowest BCUT2D eigenvalue weighted by Gasteiger charge is -2.21. The topological polar surface area (TPSA) is 89.8 Å². The predicted molar refractivity (Wildman–Crippen MR) is 268 cm³/mol. The zero-order valence-corrected chi connectivity index (χ0v) is 40.5. The van der Waals surface area contributed by atoms with Gasteiger partial charge < -0.3 is 20.6 Å². The minimum Gasteiger partial charge on any atom is -0.394 e. The van der Waals surface area contributed by atoms with Gasteiger partial charge in [-0.3, -0.25) is 4.79 Å². The van der Waals surface area contributed by atoms with Gasteiger partial charge in [0.25, 0.3) is 0 Å². The molecule has 0 aromatic rings. The minimum atomic E-state index is -1.11. The molecule has 0 spiro atoms. The Morgan fingerprint density at radius 2 is 0.754 bits per heavy atom. The maximum atomic E-state index is 12.5. The van der Waals surface area contributed by atoms with Gasteiger partial charge in [0.05, 0.1) is 18.8 Å². The molecule has 0 fully saturated rings. The highest BCUT2D eigenvalue weighted by Gasteiger charge is 2.22. The average Bonchev–Trinajstić information content (AvgIpc) is 3.26. The summed E-state index contributed by atoms with van der Waals surface area (Å²) in [7, 11) is 0. The van der Waals surface area contributed by atoms with Crippen molar-refractivity contribution in [3.8, 4) is 0 Å². The Morgan fingerprint density at radius 1 is 0.410 bits per heavy atom. The monoisotopic (exact) mass is 854 g/mol. The van der Waals surface area contributed by atoms with Gasteiger partial charge in [0, 0.05) is 0 Å². The summed E-state index contributed by atoms with van der Waals surface area (Å²) >= 11 is 0. The fourth-order valence-electron chi connectivity index (χ4n) is 7.90. The molecule has 0 heterocycles. The minimum absolute atomic E-state index is 0.383. The third-order valence-electron chi connectivity index (χ3n) is 12.0.